The Morgan fingerprint density at radius 1 is 1.29 bits per heavy atom. The number of carbonyl (C=O) groups excluding carboxylic acids is 1. The van der Waals surface area contributed by atoms with Crippen LogP contribution in [0.25, 0.3) is 0 Å². The van der Waals surface area contributed by atoms with Gasteiger partial charge in [-0.05, 0) is 31.5 Å². The number of nitro benzene ring substituents is 1. The quantitative estimate of drug-likeness (QED) is 0.566. The molecular formula is C13H14F3N3O5. The molecule has 0 saturated carbocycles. The van der Waals surface area contributed by atoms with Crippen LogP contribution in [0.3, 0.4) is 0 Å². The maximum atomic E-state index is 11.7. The fourth-order valence-electron chi connectivity index (χ4n) is 1.80. The summed E-state index contributed by atoms with van der Waals surface area (Å²) in [6, 6.07) is 5.66. The largest absolute Gasteiger partial charge is 0.490 e. The number of alkyl halides is 3. The van der Waals surface area contributed by atoms with E-state index in [1.54, 1.807) is 0 Å². The minimum atomic E-state index is -5.08. The number of carboxylic acids is 1. The zero-order valence-electron chi connectivity index (χ0n) is 12.2. The van der Waals surface area contributed by atoms with Crippen molar-refractivity contribution in [2.45, 2.75) is 25.1 Å². The lowest BCUT2D eigenvalue weighted by Gasteiger charge is -2.10. The topological polar surface area (TPSA) is 122 Å². The molecule has 3 N–H and O–H groups in total. The summed E-state index contributed by atoms with van der Waals surface area (Å²) in [6.45, 7) is 0.859. The number of carboxylic acid groups (broad SMARTS) is 1. The lowest BCUT2D eigenvalue weighted by molar-refractivity contribution is -0.384. The zero-order chi connectivity index (χ0) is 18.3. The van der Waals surface area contributed by atoms with Gasteiger partial charge in [-0.1, -0.05) is 0 Å². The predicted octanol–water partition coefficient (Wildman–Crippen LogP) is 1.92. The summed E-state index contributed by atoms with van der Waals surface area (Å²) >= 11 is 0. The summed E-state index contributed by atoms with van der Waals surface area (Å²) in [6.07, 6.45) is -3.25. The van der Waals surface area contributed by atoms with Crippen LogP contribution in [0.2, 0.25) is 0 Å². The van der Waals surface area contributed by atoms with Gasteiger partial charge in [-0.2, -0.15) is 13.2 Å². The van der Waals surface area contributed by atoms with Gasteiger partial charge in [-0.3, -0.25) is 14.9 Å². The van der Waals surface area contributed by atoms with Crippen molar-refractivity contribution in [2.24, 2.45) is 0 Å². The number of amides is 1. The van der Waals surface area contributed by atoms with E-state index in [1.807, 2.05) is 0 Å². The van der Waals surface area contributed by atoms with Crippen LogP contribution in [-0.2, 0) is 9.59 Å². The highest BCUT2D eigenvalue weighted by Gasteiger charge is 2.38. The van der Waals surface area contributed by atoms with Gasteiger partial charge in [0.05, 0.1) is 11.0 Å². The Balaban J connectivity index is 0.000000351. The van der Waals surface area contributed by atoms with Gasteiger partial charge in [0.25, 0.3) is 5.69 Å². The van der Waals surface area contributed by atoms with E-state index in [0.29, 0.717) is 5.69 Å². The smallest absolute Gasteiger partial charge is 0.475 e. The number of aliphatic carboxylic acids is 1. The number of nitrogens with one attached hydrogen (secondary N) is 2. The molecule has 0 radical (unpaired) electrons. The predicted molar refractivity (Wildman–Crippen MR) is 76.4 cm³/mol. The van der Waals surface area contributed by atoms with E-state index >= 15 is 0 Å². The van der Waals surface area contributed by atoms with Gasteiger partial charge in [0.15, 0.2) is 0 Å². The zero-order valence-corrected chi connectivity index (χ0v) is 12.2. The van der Waals surface area contributed by atoms with Crippen molar-refractivity contribution in [1.29, 1.82) is 0 Å². The molecule has 0 unspecified atom stereocenters. The van der Waals surface area contributed by atoms with Crippen molar-refractivity contribution in [3.05, 3.63) is 34.4 Å². The van der Waals surface area contributed by atoms with Crippen molar-refractivity contribution in [3.8, 4) is 0 Å². The molecule has 1 aromatic carbocycles. The second-order valence-corrected chi connectivity index (χ2v) is 4.75. The molecule has 0 bridgehead atoms. The number of rotatable bonds is 3. The highest BCUT2D eigenvalue weighted by atomic mass is 19.4. The maximum Gasteiger partial charge on any atom is 0.490 e. The van der Waals surface area contributed by atoms with Crippen molar-refractivity contribution in [2.75, 3.05) is 11.9 Å². The summed E-state index contributed by atoms with van der Waals surface area (Å²) in [5.74, 6) is -2.84. The Morgan fingerprint density at radius 3 is 2.21 bits per heavy atom. The number of nitrogens with zero attached hydrogens (tertiary/aromatic N) is 1. The van der Waals surface area contributed by atoms with E-state index in [0.717, 1.165) is 19.4 Å². The first-order chi connectivity index (χ1) is 11.1. The van der Waals surface area contributed by atoms with Crippen molar-refractivity contribution >= 4 is 23.3 Å². The number of anilines is 1. The van der Waals surface area contributed by atoms with Crippen LogP contribution in [-0.4, -0.2) is 40.7 Å². The van der Waals surface area contributed by atoms with E-state index in [-0.39, 0.29) is 17.6 Å². The monoisotopic (exact) mass is 349 g/mol. The van der Waals surface area contributed by atoms with Gasteiger partial charge in [0.1, 0.15) is 0 Å². The number of hydrogen-bond acceptors (Lipinski definition) is 5. The van der Waals surface area contributed by atoms with Crippen LogP contribution in [0.1, 0.15) is 12.8 Å². The SMILES string of the molecule is O=C(Nc1ccc([N+](=O)[O-])cc1)[C@@H]1CCCN1.O=C(O)C(F)(F)F. The first kappa shape index (κ1) is 19.4. The van der Waals surface area contributed by atoms with Crippen LogP contribution in [0.5, 0.6) is 0 Å². The molecule has 1 fully saturated rings. The van der Waals surface area contributed by atoms with Crippen molar-refractivity contribution in [1.82, 2.24) is 5.32 Å². The van der Waals surface area contributed by atoms with Crippen LogP contribution in [0, 0.1) is 10.1 Å². The molecule has 1 aromatic rings. The molecule has 1 atom stereocenters. The molecular weight excluding hydrogens is 335 g/mol. The third-order valence-corrected chi connectivity index (χ3v) is 2.96. The average molecular weight is 349 g/mol. The summed E-state index contributed by atoms with van der Waals surface area (Å²) in [4.78, 5) is 30.6. The molecule has 1 amide bonds. The van der Waals surface area contributed by atoms with Crippen LogP contribution < -0.4 is 10.6 Å². The highest BCUT2D eigenvalue weighted by Crippen LogP contribution is 2.16. The minimum absolute atomic E-state index is 0.0157. The molecule has 2 rings (SSSR count). The molecule has 1 heterocycles. The molecule has 0 aliphatic carbocycles. The van der Waals surface area contributed by atoms with Gasteiger partial charge in [0.2, 0.25) is 5.91 Å². The minimum Gasteiger partial charge on any atom is -0.475 e. The van der Waals surface area contributed by atoms with E-state index in [4.69, 9.17) is 9.90 Å². The average Bonchev–Trinajstić information content (AvgIpc) is 3.01. The second kappa shape index (κ2) is 8.24. The maximum absolute atomic E-state index is 11.7. The first-order valence-electron chi connectivity index (χ1n) is 6.70. The van der Waals surface area contributed by atoms with Gasteiger partial charge in [-0.15, -0.1) is 0 Å². The Hall–Kier alpha value is -2.69. The number of non-ortho nitro benzene ring substituents is 1. The Bertz CT molecular complexity index is 598. The van der Waals surface area contributed by atoms with Gasteiger partial charge in [0, 0.05) is 17.8 Å². The number of nitro groups is 1. The third kappa shape index (κ3) is 6.20. The molecule has 1 aliphatic rings. The van der Waals surface area contributed by atoms with Gasteiger partial charge in [-0.25, -0.2) is 4.79 Å². The number of carbonyl (C=O) groups is 2. The number of halogens is 3. The summed E-state index contributed by atoms with van der Waals surface area (Å²) in [7, 11) is 0. The number of hydrogen-bond donors (Lipinski definition) is 3. The Morgan fingerprint density at radius 2 is 1.83 bits per heavy atom. The van der Waals surface area contributed by atoms with Crippen LogP contribution in [0.4, 0.5) is 24.5 Å². The lowest BCUT2D eigenvalue weighted by atomic mass is 10.2. The summed E-state index contributed by atoms with van der Waals surface area (Å²) < 4.78 is 31.7. The standard InChI is InChI=1S/C11H13N3O3.C2HF3O2/c15-11(10-2-1-7-12-10)13-8-3-5-9(6-4-8)14(16)17;3-2(4,5)1(6)7/h3-6,10,12H,1-2,7H2,(H,13,15);(H,6,7)/t10-;/m0./s1. The first-order valence-corrected chi connectivity index (χ1v) is 6.70. The van der Waals surface area contributed by atoms with Crippen molar-refractivity contribution < 1.29 is 32.8 Å². The van der Waals surface area contributed by atoms with Gasteiger partial charge >= 0.3 is 12.1 Å². The van der Waals surface area contributed by atoms with Crippen LogP contribution >= 0.6 is 0 Å². The highest BCUT2D eigenvalue weighted by molar-refractivity contribution is 5.95. The molecule has 1 aliphatic heterocycles. The molecule has 1 saturated heterocycles. The summed E-state index contributed by atoms with van der Waals surface area (Å²) in [5.41, 5.74) is 0.594. The summed E-state index contributed by atoms with van der Waals surface area (Å²) in [5, 5.41) is 23.4. The van der Waals surface area contributed by atoms with Crippen LogP contribution in [0.15, 0.2) is 24.3 Å². The second-order valence-electron chi connectivity index (χ2n) is 4.75. The molecule has 11 heteroatoms. The van der Waals surface area contributed by atoms with Crippen molar-refractivity contribution in [3.63, 3.8) is 0 Å². The van der Waals surface area contributed by atoms with Gasteiger partial charge < -0.3 is 15.7 Å². The Kier molecular flexibility index (Phi) is 6.65. The fourth-order valence-corrected chi connectivity index (χ4v) is 1.80. The fraction of sp³-hybridized carbons (Fsp3) is 0.385. The molecule has 132 valence electrons. The number of benzene rings is 1. The molecule has 8 nitrogen and oxygen atoms in total. The Labute approximate surface area is 133 Å². The molecule has 24 heavy (non-hydrogen) atoms. The molecule has 0 aromatic heterocycles. The third-order valence-electron chi connectivity index (χ3n) is 2.96. The van der Waals surface area contributed by atoms with E-state index < -0.39 is 17.1 Å². The molecule has 0 spiro atoms. The van der Waals surface area contributed by atoms with E-state index in [1.165, 1.54) is 24.3 Å². The lowest BCUT2D eigenvalue weighted by Crippen LogP contribution is -2.35. The van der Waals surface area contributed by atoms with E-state index in [2.05, 4.69) is 10.6 Å². The van der Waals surface area contributed by atoms with E-state index in [9.17, 15) is 28.1 Å². The normalized spacial score (nSPS) is 16.7.